The first-order valence-electron chi connectivity index (χ1n) is 9.62. The van der Waals surface area contributed by atoms with Gasteiger partial charge in [-0.25, -0.2) is 0 Å². The van der Waals surface area contributed by atoms with E-state index in [9.17, 15) is 14.4 Å². The third-order valence-corrected chi connectivity index (χ3v) is 6.15. The first kappa shape index (κ1) is 18.7. The minimum Gasteiger partial charge on any atom is -0.352 e. The zero-order valence-electron chi connectivity index (χ0n) is 15.6. The van der Waals surface area contributed by atoms with Crippen molar-refractivity contribution >= 4 is 34.7 Å². The van der Waals surface area contributed by atoms with Crippen LogP contribution in [0.2, 0.25) is 0 Å². The Balaban J connectivity index is 1.25. The van der Waals surface area contributed by atoms with Crippen LogP contribution in [-0.4, -0.2) is 35.7 Å². The van der Waals surface area contributed by atoms with Crippen LogP contribution < -0.4 is 10.6 Å². The summed E-state index contributed by atoms with van der Waals surface area (Å²) in [5.74, 6) is -0.0569. The standard InChI is InChI=1S/C21H23N3O3S/c25-19(24-10-7-18-16(13-24)8-11-28-18)6-9-22-20(26)15-2-1-3-17(12-15)23-21(27)14-4-5-14/h1-3,8,11-12,14H,4-7,9-10,13H2,(H,22,26)(H,23,27). The normalized spacial score (nSPS) is 15.6. The molecule has 0 spiro atoms. The predicted octanol–water partition coefficient (Wildman–Crippen LogP) is 2.80. The quantitative estimate of drug-likeness (QED) is 0.787. The Labute approximate surface area is 167 Å². The molecule has 0 radical (unpaired) electrons. The Hall–Kier alpha value is -2.67. The van der Waals surface area contributed by atoms with E-state index in [1.54, 1.807) is 35.6 Å². The van der Waals surface area contributed by atoms with Crippen molar-refractivity contribution in [1.82, 2.24) is 10.2 Å². The van der Waals surface area contributed by atoms with Crippen molar-refractivity contribution in [3.05, 3.63) is 51.7 Å². The van der Waals surface area contributed by atoms with Crippen molar-refractivity contribution in [2.75, 3.05) is 18.4 Å². The minimum atomic E-state index is -0.242. The molecule has 2 heterocycles. The highest BCUT2D eigenvalue weighted by molar-refractivity contribution is 7.10. The molecule has 7 heteroatoms. The number of carbonyl (C=O) groups is 3. The summed E-state index contributed by atoms with van der Waals surface area (Å²) in [7, 11) is 0. The summed E-state index contributed by atoms with van der Waals surface area (Å²) in [5.41, 5.74) is 2.33. The van der Waals surface area contributed by atoms with E-state index in [0.29, 0.717) is 24.3 Å². The van der Waals surface area contributed by atoms with Gasteiger partial charge < -0.3 is 15.5 Å². The molecular weight excluding hydrogens is 374 g/mol. The Morgan fingerprint density at radius 2 is 2.04 bits per heavy atom. The molecule has 0 saturated heterocycles. The molecule has 28 heavy (non-hydrogen) atoms. The summed E-state index contributed by atoms with van der Waals surface area (Å²) < 4.78 is 0. The first-order valence-corrected chi connectivity index (χ1v) is 10.5. The lowest BCUT2D eigenvalue weighted by Crippen LogP contribution is -2.37. The molecule has 1 fully saturated rings. The molecule has 146 valence electrons. The minimum absolute atomic E-state index is 0.0125. The second kappa shape index (κ2) is 8.14. The predicted molar refractivity (Wildman–Crippen MR) is 108 cm³/mol. The highest BCUT2D eigenvalue weighted by atomic mass is 32.1. The fourth-order valence-corrected chi connectivity index (χ4v) is 4.22. The number of rotatable bonds is 6. The summed E-state index contributed by atoms with van der Waals surface area (Å²) in [6.07, 6.45) is 3.06. The number of anilines is 1. The molecule has 1 aromatic carbocycles. The molecule has 2 aliphatic rings. The molecule has 1 aliphatic carbocycles. The summed E-state index contributed by atoms with van der Waals surface area (Å²) in [6.45, 7) is 1.70. The van der Waals surface area contributed by atoms with Gasteiger partial charge in [0, 0.05) is 48.1 Å². The summed E-state index contributed by atoms with van der Waals surface area (Å²) in [5, 5.41) is 7.71. The molecule has 0 unspecified atom stereocenters. The Bertz CT molecular complexity index is 904. The summed E-state index contributed by atoms with van der Waals surface area (Å²) in [6, 6.07) is 8.97. The van der Waals surface area contributed by atoms with Crippen LogP contribution in [0.1, 0.15) is 40.1 Å². The van der Waals surface area contributed by atoms with Gasteiger partial charge in [0.05, 0.1) is 0 Å². The van der Waals surface area contributed by atoms with E-state index in [1.165, 1.54) is 10.4 Å². The van der Waals surface area contributed by atoms with Gasteiger partial charge in [-0.3, -0.25) is 14.4 Å². The lowest BCUT2D eigenvalue weighted by atomic mass is 10.1. The van der Waals surface area contributed by atoms with Gasteiger partial charge in [0.2, 0.25) is 11.8 Å². The number of carbonyl (C=O) groups excluding carboxylic acids is 3. The molecule has 0 bridgehead atoms. The second-order valence-corrected chi connectivity index (χ2v) is 8.29. The fourth-order valence-electron chi connectivity index (χ4n) is 3.33. The van der Waals surface area contributed by atoms with E-state index in [4.69, 9.17) is 0 Å². The molecule has 1 aliphatic heterocycles. The van der Waals surface area contributed by atoms with Gasteiger partial charge in [-0.2, -0.15) is 0 Å². The Morgan fingerprint density at radius 1 is 1.18 bits per heavy atom. The molecule has 2 aromatic rings. The average molecular weight is 398 g/mol. The maximum Gasteiger partial charge on any atom is 0.251 e. The fraction of sp³-hybridized carbons (Fsp3) is 0.381. The smallest absolute Gasteiger partial charge is 0.251 e. The molecule has 6 nitrogen and oxygen atoms in total. The van der Waals surface area contributed by atoms with Crippen LogP contribution in [0.15, 0.2) is 35.7 Å². The van der Waals surface area contributed by atoms with E-state index in [1.807, 2.05) is 4.90 Å². The number of thiophene rings is 1. The van der Waals surface area contributed by atoms with Crippen molar-refractivity contribution in [2.45, 2.75) is 32.2 Å². The number of hydrogen-bond acceptors (Lipinski definition) is 4. The highest BCUT2D eigenvalue weighted by Gasteiger charge is 2.29. The van der Waals surface area contributed by atoms with Crippen LogP contribution in [-0.2, 0) is 22.6 Å². The van der Waals surface area contributed by atoms with E-state index < -0.39 is 0 Å². The average Bonchev–Trinajstić information content (AvgIpc) is 3.45. The van der Waals surface area contributed by atoms with Crippen molar-refractivity contribution in [1.29, 1.82) is 0 Å². The number of hydrogen-bond donors (Lipinski definition) is 2. The SMILES string of the molecule is O=C(NCCC(=O)N1CCc2sccc2C1)c1cccc(NC(=O)C2CC2)c1. The number of fused-ring (bicyclic) bond motifs is 1. The van der Waals surface area contributed by atoms with Gasteiger partial charge in [-0.1, -0.05) is 6.07 Å². The van der Waals surface area contributed by atoms with Crippen LogP contribution in [0.4, 0.5) is 5.69 Å². The van der Waals surface area contributed by atoms with E-state index in [0.717, 1.165) is 25.8 Å². The molecular formula is C21H23N3O3S. The van der Waals surface area contributed by atoms with Crippen LogP contribution in [0, 0.1) is 5.92 Å². The van der Waals surface area contributed by atoms with Gasteiger partial charge in [-0.05, 0) is 54.5 Å². The maximum atomic E-state index is 12.4. The molecule has 4 rings (SSSR count). The lowest BCUT2D eigenvalue weighted by molar-refractivity contribution is -0.132. The van der Waals surface area contributed by atoms with Crippen molar-refractivity contribution < 1.29 is 14.4 Å². The van der Waals surface area contributed by atoms with Crippen LogP contribution in [0.25, 0.3) is 0 Å². The largest absolute Gasteiger partial charge is 0.352 e. The van der Waals surface area contributed by atoms with Crippen LogP contribution in [0.5, 0.6) is 0 Å². The van der Waals surface area contributed by atoms with Crippen molar-refractivity contribution in [3.8, 4) is 0 Å². The van der Waals surface area contributed by atoms with Crippen LogP contribution in [0.3, 0.4) is 0 Å². The van der Waals surface area contributed by atoms with E-state index in [-0.39, 0.29) is 30.1 Å². The zero-order chi connectivity index (χ0) is 19.5. The maximum absolute atomic E-state index is 12.4. The number of nitrogens with one attached hydrogen (secondary N) is 2. The van der Waals surface area contributed by atoms with Gasteiger partial charge >= 0.3 is 0 Å². The molecule has 0 atom stereocenters. The third-order valence-electron chi connectivity index (χ3n) is 5.13. The van der Waals surface area contributed by atoms with Gasteiger partial charge in [0.1, 0.15) is 0 Å². The topological polar surface area (TPSA) is 78.5 Å². The monoisotopic (exact) mass is 397 g/mol. The van der Waals surface area contributed by atoms with E-state index >= 15 is 0 Å². The second-order valence-electron chi connectivity index (χ2n) is 7.28. The van der Waals surface area contributed by atoms with Gasteiger partial charge in [0.15, 0.2) is 0 Å². The summed E-state index contributed by atoms with van der Waals surface area (Å²) in [4.78, 5) is 39.9. The van der Waals surface area contributed by atoms with Crippen molar-refractivity contribution in [3.63, 3.8) is 0 Å². The molecule has 3 amide bonds. The Morgan fingerprint density at radius 3 is 2.86 bits per heavy atom. The van der Waals surface area contributed by atoms with Crippen LogP contribution >= 0.6 is 11.3 Å². The highest BCUT2D eigenvalue weighted by Crippen LogP contribution is 2.30. The molecule has 1 saturated carbocycles. The molecule has 1 aromatic heterocycles. The van der Waals surface area contributed by atoms with Crippen molar-refractivity contribution in [2.24, 2.45) is 5.92 Å². The van der Waals surface area contributed by atoms with Gasteiger partial charge in [-0.15, -0.1) is 11.3 Å². The first-order chi connectivity index (χ1) is 13.6. The summed E-state index contributed by atoms with van der Waals surface area (Å²) >= 11 is 1.75. The third kappa shape index (κ3) is 4.42. The zero-order valence-corrected chi connectivity index (χ0v) is 16.4. The lowest BCUT2D eigenvalue weighted by Gasteiger charge is -2.27. The number of benzene rings is 1. The Kier molecular flexibility index (Phi) is 5.43. The van der Waals surface area contributed by atoms with Gasteiger partial charge in [0.25, 0.3) is 5.91 Å². The van der Waals surface area contributed by atoms with E-state index in [2.05, 4.69) is 22.1 Å². The number of amides is 3. The molecule has 2 N–H and O–H groups in total. The number of nitrogens with zero attached hydrogens (tertiary/aromatic N) is 1.